The quantitative estimate of drug-likeness (QED) is 0.861. The molecule has 2 aromatic heterocycles. The second kappa shape index (κ2) is 6.10. The highest BCUT2D eigenvalue weighted by atomic mass is 16.5. The van der Waals surface area contributed by atoms with Crippen molar-refractivity contribution in [3.8, 4) is 11.3 Å². The third-order valence-corrected chi connectivity index (χ3v) is 2.65. The summed E-state index contributed by atoms with van der Waals surface area (Å²) in [6.45, 7) is 0.450. The number of rotatable bonds is 5. The van der Waals surface area contributed by atoms with Gasteiger partial charge >= 0.3 is 0 Å². The highest BCUT2D eigenvalue weighted by Crippen LogP contribution is 2.18. The lowest BCUT2D eigenvalue weighted by Crippen LogP contribution is -2.26. The second-order valence-electron chi connectivity index (χ2n) is 4.09. The standard InChI is InChI=1S/C13H16N4O2/c1-17-12(10-3-5-14-6-4-10)7-11(16-17)8-15-13(18)9-19-2/h3-7H,8-9H2,1-2H3,(H,15,18). The van der Waals surface area contributed by atoms with E-state index in [0.717, 1.165) is 17.0 Å². The van der Waals surface area contributed by atoms with Crippen molar-refractivity contribution in [2.24, 2.45) is 7.05 Å². The molecule has 0 saturated heterocycles. The van der Waals surface area contributed by atoms with Gasteiger partial charge in [0.2, 0.25) is 5.91 Å². The third-order valence-electron chi connectivity index (χ3n) is 2.65. The molecule has 0 saturated carbocycles. The molecular formula is C13H16N4O2. The van der Waals surface area contributed by atoms with Crippen LogP contribution < -0.4 is 5.32 Å². The van der Waals surface area contributed by atoms with E-state index in [1.807, 2.05) is 25.2 Å². The summed E-state index contributed by atoms with van der Waals surface area (Å²) in [4.78, 5) is 15.3. The van der Waals surface area contributed by atoms with Crippen molar-refractivity contribution in [1.82, 2.24) is 20.1 Å². The fraction of sp³-hybridized carbons (Fsp3) is 0.308. The highest BCUT2D eigenvalue weighted by Gasteiger charge is 2.08. The van der Waals surface area contributed by atoms with Crippen molar-refractivity contribution < 1.29 is 9.53 Å². The summed E-state index contributed by atoms with van der Waals surface area (Å²) in [5.41, 5.74) is 2.83. The van der Waals surface area contributed by atoms with Crippen molar-refractivity contribution >= 4 is 5.91 Å². The van der Waals surface area contributed by atoms with Gasteiger partial charge in [0.25, 0.3) is 0 Å². The molecule has 0 bridgehead atoms. The first-order valence-electron chi connectivity index (χ1n) is 5.89. The molecule has 0 spiro atoms. The number of carbonyl (C=O) groups is 1. The van der Waals surface area contributed by atoms with Gasteiger partial charge in [-0.15, -0.1) is 0 Å². The number of carbonyl (C=O) groups excluding carboxylic acids is 1. The van der Waals surface area contributed by atoms with Gasteiger partial charge in [-0.05, 0) is 18.2 Å². The van der Waals surface area contributed by atoms with Crippen LogP contribution in [-0.2, 0) is 23.1 Å². The zero-order chi connectivity index (χ0) is 13.7. The van der Waals surface area contributed by atoms with Gasteiger partial charge in [-0.1, -0.05) is 0 Å². The van der Waals surface area contributed by atoms with Gasteiger partial charge in [-0.3, -0.25) is 14.5 Å². The molecule has 0 atom stereocenters. The molecular weight excluding hydrogens is 244 g/mol. The number of nitrogens with one attached hydrogen (secondary N) is 1. The smallest absolute Gasteiger partial charge is 0.246 e. The van der Waals surface area contributed by atoms with Crippen LogP contribution in [0.5, 0.6) is 0 Å². The van der Waals surface area contributed by atoms with E-state index < -0.39 is 0 Å². The summed E-state index contributed by atoms with van der Waals surface area (Å²) < 4.78 is 6.53. The van der Waals surface area contributed by atoms with E-state index in [2.05, 4.69) is 15.4 Å². The Balaban J connectivity index is 2.07. The van der Waals surface area contributed by atoms with Crippen LogP contribution in [0.15, 0.2) is 30.6 Å². The maximum atomic E-state index is 11.3. The molecule has 1 amide bonds. The third kappa shape index (κ3) is 3.38. The number of aromatic nitrogens is 3. The van der Waals surface area contributed by atoms with Gasteiger partial charge in [0.05, 0.1) is 17.9 Å². The van der Waals surface area contributed by atoms with Gasteiger partial charge in [0, 0.05) is 32.1 Å². The van der Waals surface area contributed by atoms with Gasteiger partial charge in [0.1, 0.15) is 6.61 Å². The molecule has 6 nitrogen and oxygen atoms in total. The minimum atomic E-state index is -0.154. The van der Waals surface area contributed by atoms with Crippen LogP contribution in [0.1, 0.15) is 5.69 Å². The van der Waals surface area contributed by atoms with E-state index in [1.54, 1.807) is 17.1 Å². The maximum Gasteiger partial charge on any atom is 0.246 e. The molecule has 2 heterocycles. The normalized spacial score (nSPS) is 10.4. The molecule has 0 aliphatic rings. The van der Waals surface area contributed by atoms with Crippen LogP contribution in [0.25, 0.3) is 11.3 Å². The van der Waals surface area contributed by atoms with Crippen molar-refractivity contribution in [1.29, 1.82) is 0 Å². The van der Waals surface area contributed by atoms with Crippen molar-refractivity contribution in [2.45, 2.75) is 6.54 Å². The van der Waals surface area contributed by atoms with Crippen molar-refractivity contribution in [3.05, 3.63) is 36.3 Å². The Morgan fingerprint density at radius 3 is 2.84 bits per heavy atom. The predicted molar refractivity (Wildman–Crippen MR) is 70.2 cm³/mol. The van der Waals surface area contributed by atoms with E-state index in [0.29, 0.717) is 6.54 Å². The Bertz CT molecular complexity index is 551. The lowest BCUT2D eigenvalue weighted by atomic mass is 10.2. The number of hydrogen-bond acceptors (Lipinski definition) is 4. The molecule has 6 heteroatoms. The van der Waals surface area contributed by atoms with Gasteiger partial charge in [-0.25, -0.2) is 0 Å². The molecule has 0 radical (unpaired) electrons. The maximum absolute atomic E-state index is 11.3. The van der Waals surface area contributed by atoms with Crippen LogP contribution in [-0.4, -0.2) is 34.4 Å². The van der Waals surface area contributed by atoms with Crippen LogP contribution in [0.2, 0.25) is 0 Å². The number of amides is 1. The van der Waals surface area contributed by atoms with Crippen LogP contribution in [0, 0.1) is 0 Å². The summed E-state index contributed by atoms with van der Waals surface area (Å²) in [6.07, 6.45) is 3.48. The monoisotopic (exact) mass is 260 g/mol. The Hall–Kier alpha value is -2.21. The molecule has 2 rings (SSSR count). The molecule has 2 aromatic rings. The topological polar surface area (TPSA) is 69.0 Å². The lowest BCUT2D eigenvalue weighted by molar-refractivity contribution is -0.124. The molecule has 0 aromatic carbocycles. The second-order valence-corrected chi connectivity index (χ2v) is 4.09. The van der Waals surface area contributed by atoms with Crippen LogP contribution in [0.3, 0.4) is 0 Å². The van der Waals surface area contributed by atoms with E-state index in [-0.39, 0.29) is 12.5 Å². The number of pyridine rings is 1. The first kappa shape index (κ1) is 13.2. The largest absolute Gasteiger partial charge is 0.375 e. The van der Waals surface area contributed by atoms with Crippen molar-refractivity contribution in [2.75, 3.05) is 13.7 Å². The summed E-state index contributed by atoms with van der Waals surface area (Å²) in [6, 6.07) is 5.79. The average molecular weight is 260 g/mol. The minimum absolute atomic E-state index is 0.0596. The fourth-order valence-corrected chi connectivity index (χ4v) is 1.78. The van der Waals surface area contributed by atoms with E-state index in [9.17, 15) is 4.79 Å². The molecule has 1 N–H and O–H groups in total. The Labute approximate surface area is 111 Å². The number of aryl methyl sites for hydroxylation is 1. The van der Waals surface area contributed by atoms with E-state index >= 15 is 0 Å². The van der Waals surface area contributed by atoms with Gasteiger partial charge in [0.15, 0.2) is 0 Å². The number of ether oxygens (including phenoxy) is 1. The molecule has 0 fully saturated rings. The number of methoxy groups -OCH3 is 1. The lowest BCUT2D eigenvalue weighted by Gasteiger charge is -2.00. The zero-order valence-corrected chi connectivity index (χ0v) is 11.0. The first-order chi connectivity index (χ1) is 9.20. The van der Waals surface area contributed by atoms with Crippen LogP contribution in [0.4, 0.5) is 0 Å². The van der Waals surface area contributed by atoms with Gasteiger partial charge in [-0.2, -0.15) is 5.10 Å². The van der Waals surface area contributed by atoms with E-state index in [4.69, 9.17) is 4.74 Å². The van der Waals surface area contributed by atoms with Crippen molar-refractivity contribution in [3.63, 3.8) is 0 Å². The predicted octanol–water partition coefficient (Wildman–Crippen LogP) is 0.745. The summed E-state index contributed by atoms with van der Waals surface area (Å²) >= 11 is 0. The zero-order valence-electron chi connectivity index (χ0n) is 11.0. The van der Waals surface area contributed by atoms with Crippen LogP contribution >= 0.6 is 0 Å². The Morgan fingerprint density at radius 2 is 2.16 bits per heavy atom. The summed E-state index contributed by atoms with van der Waals surface area (Å²) in [5, 5.41) is 7.10. The average Bonchev–Trinajstić information content (AvgIpc) is 2.79. The summed E-state index contributed by atoms with van der Waals surface area (Å²) in [5.74, 6) is -0.154. The van der Waals surface area contributed by atoms with Gasteiger partial charge < -0.3 is 10.1 Å². The molecule has 100 valence electrons. The molecule has 0 aliphatic carbocycles. The number of nitrogens with zero attached hydrogens (tertiary/aromatic N) is 3. The Morgan fingerprint density at radius 1 is 1.42 bits per heavy atom. The minimum Gasteiger partial charge on any atom is -0.375 e. The molecule has 0 aliphatic heterocycles. The number of hydrogen-bond donors (Lipinski definition) is 1. The fourth-order valence-electron chi connectivity index (χ4n) is 1.78. The first-order valence-corrected chi connectivity index (χ1v) is 5.89. The SMILES string of the molecule is COCC(=O)NCc1cc(-c2ccncc2)n(C)n1. The summed E-state index contributed by atoms with van der Waals surface area (Å²) in [7, 11) is 3.36. The highest BCUT2D eigenvalue weighted by molar-refractivity contribution is 5.77. The Kier molecular flexibility index (Phi) is 4.25. The molecule has 0 unspecified atom stereocenters. The molecule has 19 heavy (non-hydrogen) atoms. The van der Waals surface area contributed by atoms with E-state index in [1.165, 1.54) is 7.11 Å².